The molecule has 15 heteroatoms. The number of halogens is 3. The number of aromatic nitrogens is 1. The van der Waals surface area contributed by atoms with Crippen molar-refractivity contribution in [3.8, 4) is 16.9 Å². The lowest BCUT2D eigenvalue weighted by molar-refractivity contribution is -0.137. The van der Waals surface area contributed by atoms with E-state index in [1.54, 1.807) is 29.6 Å². The fraction of sp³-hybridized carbons (Fsp3) is 0.429. The van der Waals surface area contributed by atoms with Gasteiger partial charge in [0.05, 0.1) is 31.5 Å². The Hall–Kier alpha value is -2.21. The van der Waals surface area contributed by atoms with Gasteiger partial charge in [0, 0.05) is 24.4 Å². The number of hydrogen-bond acceptors (Lipinski definition) is 9. The number of thiazole rings is 1. The van der Waals surface area contributed by atoms with E-state index >= 15 is 0 Å². The van der Waals surface area contributed by atoms with Gasteiger partial charge in [0.1, 0.15) is 22.6 Å². The third kappa shape index (κ3) is 8.93. The minimum atomic E-state index is -4.38. The molecule has 4 atom stereocenters. The number of benzene rings is 2. The van der Waals surface area contributed by atoms with E-state index in [-0.39, 0.29) is 36.7 Å². The molecule has 3 aromatic rings. The SMILES string of the molecule is C[C@@H]1CCOP(OC(CP2(=O)NCCCO2)c2nc(C(=O)CCOc3ccc(-c4ccc(C(F)(F)F)cc4)cc3)cs2)N1. The van der Waals surface area contributed by atoms with Gasteiger partial charge in [0.25, 0.3) is 16.0 Å². The topological polar surface area (TPSA) is 108 Å². The van der Waals surface area contributed by atoms with Crippen LogP contribution in [-0.4, -0.2) is 49.3 Å². The number of carbonyl (C=O) groups is 1. The molecule has 1 aromatic heterocycles. The van der Waals surface area contributed by atoms with Crippen molar-refractivity contribution in [1.29, 1.82) is 0 Å². The van der Waals surface area contributed by atoms with Gasteiger partial charge in [0.2, 0.25) is 0 Å². The fourth-order valence-electron chi connectivity index (χ4n) is 4.39. The highest BCUT2D eigenvalue weighted by atomic mass is 32.1. The molecule has 0 radical (unpaired) electrons. The minimum absolute atomic E-state index is 0.0674. The molecule has 2 aliphatic heterocycles. The second-order valence-corrected chi connectivity index (χ2v) is 14.6. The maximum Gasteiger partial charge on any atom is 0.416 e. The summed E-state index contributed by atoms with van der Waals surface area (Å²) in [6.45, 7) is 3.69. The zero-order chi connectivity index (χ0) is 30.5. The zero-order valence-corrected chi connectivity index (χ0v) is 25.9. The molecule has 3 heterocycles. The van der Waals surface area contributed by atoms with Gasteiger partial charge in [-0.25, -0.2) is 15.2 Å². The van der Waals surface area contributed by atoms with Crippen LogP contribution in [0.3, 0.4) is 0 Å². The highest BCUT2D eigenvalue weighted by Gasteiger charge is 2.36. The summed E-state index contributed by atoms with van der Waals surface area (Å²) in [5.74, 6) is 0.310. The average molecular weight is 658 g/mol. The van der Waals surface area contributed by atoms with Crippen LogP contribution in [0.25, 0.3) is 11.1 Å². The normalized spacial score (nSPS) is 23.5. The Bertz CT molecular complexity index is 1410. The second kappa shape index (κ2) is 14.3. The van der Waals surface area contributed by atoms with Crippen molar-refractivity contribution in [3.63, 3.8) is 0 Å². The Kier molecular flexibility index (Phi) is 10.7. The molecular formula is C28H32F3N3O6P2S. The van der Waals surface area contributed by atoms with E-state index in [1.807, 2.05) is 6.92 Å². The Morgan fingerprint density at radius 2 is 1.88 bits per heavy atom. The molecule has 5 rings (SSSR count). The van der Waals surface area contributed by atoms with Crippen molar-refractivity contribution >= 4 is 33.2 Å². The molecule has 2 N–H and O–H groups in total. The lowest BCUT2D eigenvalue weighted by atomic mass is 10.0. The van der Waals surface area contributed by atoms with Gasteiger partial charge in [-0.1, -0.05) is 24.3 Å². The van der Waals surface area contributed by atoms with Crippen LogP contribution >= 0.6 is 27.4 Å². The van der Waals surface area contributed by atoms with Crippen LogP contribution in [0.5, 0.6) is 5.75 Å². The van der Waals surface area contributed by atoms with Crippen LogP contribution in [0.15, 0.2) is 53.9 Å². The van der Waals surface area contributed by atoms with Crippen molar-refractivity contribution in [2.45, 2.75) is 44.5 Å². The van der Waals surface area contributed by atoms with Gasteiger partial charge in [-0.15, -0.1) is 11.3 Å². The van der Waals surface area contributed by atoms with E-state index in [9.17, 15) is 22.5 Å². The van der Waals surface area contributed by atoms with E-state index in [0.29, 0.717) is 36.1 Å². The fourth-order valence-corrected chi connectivity index (χ4v) is 8.85. The van der Waals surface area contributed by atoms with E-state index in [0.717, 1.165) is 30.5 Å². The Labute approximate surface area is 253 Å². The Morgan fingerprint density at radius 1 is 1.16 bits per heavy atom. The number of carbonyl (C=O) groups excluding carboxylic acids is 1. The first-order valence-electron chi connectivity index (χ1n) is 13.8. The molecule has 2 saturated heterocycles. The smallest absolute Gasteiger partial charge is 0.416 e. The number of alkyl halides is 3. The number of nitrogens with one attached hydrogen (secondary N) is 2. The number of Topliss-reactive ketones (excluding diaryl/α,β-unsaturated/α-hetero) is 1. The number of ether oxygens (including phenoxy) is 1. The van der Waals surface area contributed by atoms with E-state index in [2.05, 4.69) is 15.2 Å². The minimum Gasteiger partial charge on any atom is -0.493 e. The molecule has 3 unspecified atom stereocenters. The molecule has 0 spiro atoms. The van der Waals surface area contributed by atoms with Crippen LogP contribution < -0.4 is 14.9 Å². The summed E-state index contributed by atoms with van der Waals surface area (Å²) in [4.78, 5) is 17.4. The Morgan fingerprint density at radius 3 is 2.53 bits per heavy atom. The average Bonchev–Trinajstić information content (AvgIpc) is 3.48. The van der Waals surface area contributed by atoms with Crippen LogP contribution in [0.2, 0.25) is 0 Å². The summed E-state index contributed by atoms with van der Waals surface area (Å²) in [6, 6.07) is 12.1. The molecule has 2 aliphatic rings. The van der Waals surface area contributed by atoms with Crippen molar-refractivity contribution in [2.24, 2.45) is 0 Å². The monoisotopic (exact) mass is 657 g/mol. The maximum atomic E-state index is 13.3. The summed E-state index contributed by atoms with van der Waals surface area (Å²) < 4.78 is 75.0. The molecule has 0 amide bonds. The van der Waals surface area contributed by atoms with E-state index in [1.165, 1.54) is 23.5 Å². The number of ketones is 1. The van der Waals surface area contributed by atoms with Gasteiger partial charge in [-0.3, -0.25) is 9.36 Å². The van der Waals surface area contributed by atoms with Crippen LogP contribution in [0.1, 0.15) is 53.3 Å². The van der Waals surface area contributed by atoms with Crippen molar-refractivity contribution in [2.75, 3.05) is 32.5 Å². The second-order valence-electron chi connectivity index (χ2n) is 10.1. The van der Waals surface area contributed by atoms with Crippen LogP contribution in [0, 0.1) is 0 Å². The molecule has 0 bridgehead atoms. The number of nitrogens with zero attached hydrogens (tertiary/aromatic N) is 1. The third-order valence-corrected chi connectivity index (χ3v) is 11.3. The maximum absolute atomic E-state index is 13.3. The van der Waals surface area contributed by atoms with Crippen molar-refractivity contribution in [1.82, 2.24) is 15.2 Å². The molecule has 2 aromatic carbocycles. The predicted molar refractivity (Wildman–Crippen MR) is 158 cm³/mol. The summed E-state index contributed by atoms with van der Waals surface area (Å²) in [5, 5.41) is 8.44. The standard InChI is InChI=1S/C28H32F3N3O6P2S/c1-19-11-16-38-41(34-19)40-26(17-42(36)32-13-2-14-39-42)27-33-24(18-43-27)25(35)12-15-37-23-9-5-21(6-10-23)20-3-7-22(8-4-20)28(29,30)31/h3-10,18-19,26,34H,2,11-17H2,1H3,(H,32,36)/t19-,26?,41?,42?/m1/s1. The molecule has 232 valence electrons. The first-order valence-corrected chi connectivity index (χ1v) is 17.7. The van der Waals surface area contributed by atoms with E-state index in [4.69, 9.17) is 18.3 Å². The van der Waals surface area contributed by atoms with Gasteiger partial charge < -0.3 is 18.3 Å². The summed E-state index contributed by atoms with van der Waals surface area (Å²) >= 11 is 1.26. The third-order valence-electron chi connectivity index (χ3n) is 6.77. The zero-order valence-electron chi connectivity index (χ0n) is 23.3. The first-order chi connectivity index (χ1) is 20.6. The largest absolute Gasteiger partial charge is 0.493 e. The highest BCUT2D eigenvalue weighted by Crippen LogP contribution is 2.52. The molecule has 9 nitrogen and oxygen atoms in total. The molecular weight excluding hydrogens is 625 g/mol. The van der Waals surface area contributed by atoms with Gasteiger partial charge in [-0.05, 0) is 55.2 Å². The summed E-state index contributed by atoms with van der Waals surface area (Å²) in [7, 11) is -4.57. The Balaban J connectivity index is 1.17. The van der Waals surface area contributed by atoms with Crippen LogP contribution in [-0.2, 0) is 24.3 Å². The quantitative estimate of drug-likeness (QED) is 0.162. The number of hydrogen-bond donors (Lipinski definition) is 2. The molecule has 2 fully saturated rings. The lowest BCUT2D eigenvalue weighted by Crippen LogP contribution is -2.31. The first kappa shape index (κ1) is 32.2. The summed E-state index contributed by atoms with van der Waals surface area (Å²) in [6.07, 6.45) is -3.30. The summed E-state index contributed by atoms with van der Waals surface area (Å²) in [5.41, 5.74) is 0.954. The van der Waals surface area contributed by atoms with Gasteiger partial charge in [-0.2, -0.15) is 13.2 Å². The van der Waals surface area contributed by atoms with Crippen molar-refractivity contribution < 1.29 is 40.8 Å². The van der Waals surface area contributed by atoms with Crippen LogP contribution in [0.4, 0.5) is 13.2 Å². The van der Waals surface area contributed by atoms with Crippen molar-refractivity contribution in [3.05, 3.63) is 70.2 Å². The highest BCUT2D eigenvalue weighted by molar-refractivity contribution is 7.57. The van der Waals surface area contributed by atoms with Gasteiger partial charge in [0.15, 0.2) is 5.78 Å². The lowest BCUT2D eigenvalue weighted by Gasteiger charge is -2.32. The number of rotatable bonds is 11. The predicted octanol–water partition coefficient (Wildman–Crippen LogP) is 7.37. The molecule has 0 aliphatic carbocycles. The van der Waals surface area contributed by atoms with Gasteiger partial charge >= 0.3 is 6.18 Å². The molecule has 43 heavy (non-hydrogen) atoms. The van der Waals surface area contributed by atoms with E-state index < -0.39 is 33.9 Å². The molecule has 0 saturated carbocycles.